The fourth-order valence-electron chi connectivity index (χ4n) is 3.39. The lowest BCUT2D eigenvalue weighted by atomic mass is 9.82. The van der Waals surface area contributed by atoms with E-state index < -0.39 is 11.7 Å². The summed E-state index contributed by atoms with van der Waals surface area (Å²) in [4.78, 5) is 14.4. The number of aliphatic hydroxyl groups is 1. The van der Waals surface area contributed by atoms with Crippen LogP contribution in [0.4, 0.5) is 0 Å². The van der Waals surface area contributed by atoms with Gasteiger partial charge >= 0.3 is 0 Å². The van der Waals surface area contributed by atoms with Crippen molar-refractivity contribution in [3.05, 3.63) is 29.8 Å². The fourth-order valence-corrected chi connectivity index (χ4v) is 3.39. The molecule has 0 unspecified atom stereocenters. The maximum atomic E-state index is 12.5. The molecule has 0 aliphatic carbocycles. The molecule has 2 heterocycles. The first-order valence-electron chi connectivity index (χ1n) is 7.90. The Morgan fingerprint density at radius 2 is 2.00 bits per heavy atom. The highest BCUT2D eigenvalue weighted by molar-refractivity contribution is 5.94. The molecule has 2 fully saturated rings. The Morgan fingerprint density at radius 3 is 2.59 bits per heavy atom. The highest BCUT2D eigenvalue weighted by atomic mass is 16.5. The number of piperidine rings is 1. The number of aliphatic hydroxyl groups excluding tert-OH is 1. The summed E-state index contributed by atoms with van der Waals surface area (Å²) < 4.78 is 11.0. The Bertz CT molecular complexity index is 520. The van der Waals surface area contributed by atoms with Crippen molar-refractivity contribution in [1.82, 2.24) is 4.90 Å². The first kappa shape index (κ1) is 15.3. The van der Waals surface area contributed by atoms with Crippen LogP contribution in [0.1, 0.15) is 36.0 Å². The predicted octanol–water partition coefficient (Wildman–Crippen LogP) is 1.84. The molecule has 2 aliphatic rings. The largest absolute Gasteiger partial charge is 0.497 e. The van der Waals surface area contributed by atoms with Gasteiger partial charge in [-0.05, 0) is 49.9 Å². The van der Waals surface area contributed by atoms with Crippen molar-refractivity contribution in [1.29, 1.82) is 0 Å². The van der Waals surface area contributed by atoms with Crippen molar-refractivity contribution in [3.8, 4) is 5.75 Å². The number of benzene rings is 1. The van der Waals surface area contributed by atoms with Crippen molar-refractivity contribution >= 4 is 5.91 Å². The zero-order valence-electron chi connectivity index (χ0n) is 13.0. The number of hydrogen-bond acceptors (Lipinski definition) is 4. The van der Waals surface area contributed by atoms with Gasteiger partial charge in [0.2, 0.25) is 0 Å². The maximum absolute atomic E-state index is 12.5. The smallest absolute Gasteiger partial charge is 0.253 e. The molecule has 0 radical (unpaired) electrons. The average Bonchev–Trinajstić information content (AvgIpc) is 2.58. The van der Waals surface area contributed by atoms with E-state index in [1.54, 1.807) is 31.4 Å². The van der Waals surface area contributed by atoms with Gasteiger partial charge in [0.25, 0.3) is 5.91 Å². The van der Waals surface area contributed by atoms with Gasteiger partial charge in [0.1, 0.15) is 5.75 Å². The molecule has 22 heavy (non-hydrogen) atoms. The molecule has 3 rings (SSSR count). The number of carbonyl (C=O) groups excluding carboxylic acids is 1. The Labute approximate surface area is 130 Å². The lowest BCUT2D eigenvalue weighted by Gasteiger charge is -2.46. The summed E-state index contributed by atoms with van der Waals surface area (Å²) in [7, 11) is 1.61. The summed E-state index contributed by atoms with van der Waals surface area (Å²) in [5.41, 5.74) is 0.233. The van der Waals surface area contributed by atoms with E-state index >= 15 is 0 Å². The van der Waals surface area contributed by atoms with Crippen LogP contribution in [0.2, 0.25) is 0 Å². The number of rotatable bonds is 2. The molecule has 1 amide bonds. The number of hydrogen-bond donors (Lipinski definition) is 1. The molecule has 0 saturated carbocycles. The van der Waals surface area contributed by atoms with Crippen LogP contribution in [-0.2, 0) is 4.74 Å². The molecular formula is C17H23NO4. The Balaban J connectivity index is 1.64. The standard InChI is InChI=1S/C17H23NO4/c1-21-14-6-4-13(5-7-14)16(20)18-10-8-17(9-11-18)15(19)3-2-12-22-17/h4-7,15,19H,2-3,8-12H2,1H3/t15-/m0/s1. The van der Waals surface area contributed by atoms with Gasteiger partial charge in [0, 0.05) is 25.3 Å². The third-order valence-electron chi connectivity index (χ3n) is 4.85. The van der Waals surface area contributed by atoms with Crippen LogP contribution in [0.3, 0.4) is 0 Å². The van der Waals surface area contributed by atoms with Crippen molar-refractivity contribution < 1.29 is 19.4 Å². The minimum atomic E-state index is -0.436. The van der Waals surface area contributed by atoms with E-state index in [9.17, 15) is 9.90 Å². The summed E-state index contributed by atoms with van der Waals surface area (Å²) in [6, 6.07) is 7.17. The Morgan fingerprint density at radius 1 is 1.32 bits per heavy atom. The highest BCUT2D eigenvalue weighted by Crippen LogP contribution is 2.35. The van der Waals surface area contributed by atoms with Gasteiger partial charge in [-0.25, -0.2) is 0 Å². The molecule has 2 aliphatic heterocycles. The van der Waals surface area contributed by atoms with Gasteiger partial charge in [-0.2, -0.15) is 0 Å². The van der Waals surface area contributed by atoms with E-state index in [0.717, 1.165) is 18.6 Å². The molecule has 5 nitrogen and oxygen atoms in total. The lowest BCUT2D eigenvalue weighted by molar-refractivity contribution is -0.174. The van der Waals surface area contributed by atoms with Gasteiger partial charge in [-0.1, -0.05) is 0 Å². The van der Waals surface area contributed by atoms with Crippen LogP contribution >= 0.6 is 0 Å². The fraction of sp³-hybridized carbons (Fsp3) is 0.588. The van der Waals surface area contributed by atoms with E-state index in [1.807, 2.05) is 4.90 Å². The highest BCUT2D eigenvalue weighted by Gasteiger charge is 2.44. The molecule has 1 atom stereocenters. The molecule has 0 aromatic heterocycles. The second-order valence-electron chi connectivity index (χ2n) is 6.09. The number of amides is 1. The molecule has 1 spiro atoms. The number of nitrogens with zero attached hydrogens (tertiary/aromatic N) is 1. The Kier molecular flexibility index (Phi) is 4.36. The molecule has 1 aromatic rings. The van der Waals surface area contributed by atoms with Gasteiger partial charge in [-0.3, -0.25) is 4.79 Å². The van der Waals surface area contributed by atoms with Gasteiger partial charge < -0.3 is 19.5 Å². The van der Waals surface area contributed by atoms with Gasteiger partial charge in [0.15, 0.2) is 0 Å². The van der Waals surface area contributed by atoms with Crippen molar-refractivity contribution in [2.45, 2.75) is 37.4 Å². The number of carbonyl (C=O) groups is 1. The van der Waals surface area contributed by atoms with Crippen LogP contribution in [-0.4, -0.2) is 54.4 Å². The van der Waals surface area contributed by atoms with E-state index in [1.165, 1.54) is 0 Å². The monoisotopic (exact) mass is 305 g/mol. The van der Waals surface area contributed by atoms with Crippen LogP contribution in [0.5, 0.6) is 5.75 Å². The van der Waals surface area contributed by atoms with E-state index in [0.29, 0.717) is 38.1 Å². The van der Waals surface area contributed by atoms with Crippen molar-refractivity contribution in [2.75, 3.05) is 26.8 Å². The number of methoxy groups -OCH3 is 1. The first-order chi connectivity index (χ1) is 10.6. The molecule has 120 valence electrons. The van der Waals surface area contributed by atoms with Crippen molar-refractivity contribution in [2.24, 2.45) is 0 Å². The molecule has 1 N–H and O–H groups in total. The molecule has 5 heteroatoms. The summed E-state index contributed by atoms with van der Waals surface area (Å²) in [6.45, 7) is 1.97. The maximum Gasteiger partial charge on any atom is 0.253 e. The topological polar surface area (TPSA) is 59.0 Å². The lowest BCUT2D eigenvalue weighted by Crippen LogP contribution is -2.56. The average molecular weight is 305 g/mol. The second-order valence-corrected chi connectivity index (χ2v) is 6.09. The third-order valence-corrected chi connectivity index (χ3v) is 4.85. The summed E-state index contributed by atoms with van der Waals surface area (Å²) in [5, 5.41) is 10.2. The molecule has 1 aromatic carbocycles. The van der Waals surface area contributed by atoms with Gasteiger partial charge in [0.05, 0.1) is 18.8 Å². The van der Waals surface area contributed by atoms with E-state index in [4.69, 9.17) is 9.47 Å². The van der Waals surface area contributed by atoms with Crippen LogP contribution < -0.4 is 4.74 Å². The second kappa shape index (κ2) is 6.26. The summed E-state index contributed by atoms with van der Waals surface area (Å²) in [5.74, 6) is 0.774. The first-order valence-corrected chi connectivity index (χ1v) is 7.90. The van der Waals surface area contributed by atoms with Crippen molar-refractivity contribution in [3.63, 3.8) is 0 Å². The van der Waals surface area contributed by atoms with E-state index in [2.05, 4.69) is 0 Å². The predicted molar refractivity (Wildman–Crippen MR) is 82.1 cm³/mol. The SMILES string of the molecule is COc1ccc(C(=O)N2CCC3(CC2)OCCC[C@@H]3O)cc1. The third kappa shape index (κ3) is 2.83. The van der Waals surface area contributed by atoms with Crippen LogP contribution in [0.15, 0.2) is 24.3 Å². The zero-order valence-corrected chi connectivity index (χ0v) is 13.0. The normalized spacial score (nSPS) is 24.3. The van der Waals surface area contributed by atoms with Crippen LogP contribution in [0.25, 0.3) is 0 Å². The zero-order chi connectivity index (χ0) is 15.6. The van der Waals surface area contributed by atoms with Gasteiger partial charge in [-0.15, -0.1) is 0 Å². The minimum absolute atomic E-state index is 0.0304. The van der Waals surface area contributed by atoms with Crippen LogP contribution in [0, 0.1) is 0 Å². The number of ether oxygens (including phenoxy) is 2. The summed E-state index contributed by atoms with van der Waals surface area (Å²) >= 11 is 0. The number of likely N-dealkylation sites (tertiary alicyclic amines) is 1. The molecular weight excluding hydrogens is 282 g/mol. The quantitative estimate of drug-likeness (QED) is 0.906. The molecule has 2 saturated heterocycles. The molecule has 0 bridgehead atoms. The minimum Gasteiger partial charge on any atom is -0.497 e. The summed E-state index contributed by atoms with van der Waals surface area (Å²) in [6.07, 6.45) is 2.72. The Hall–Kier alpha value is -1.59. The van der Waals surface area contributed by atoms with E-state index in [-0.39, 0.29) is 5.91 Å².